The summed E-state index contributed by atoms with van der Waals surface area (Å²) in [6, 6.07) is 0. The maximum absolute atomic E-state index is 10.6. The topological polar surface area (TPSA) is 74.6 Å². The number of hydrogen-bond donors (Lipinski definition) is 2. The molecular formula is C52H92O4. The zero-order chi connectivity index (χ0) is 41.3. The van der Waals surface area contributed by atoms with Crippen LogP contribution in [0.1, 0.15) is 137 Å². The van der Waals surface area contributed by atoms with E-state index < -0.39 is 11.2 Å². The van der Waals surface area contributed by atoms with Crippen LogP contribution in [0.15, 0.2) is 0 Å². The minimum atomic E-state index is -0.522. The number of fused-ring (bicyclic) bond motifs is 5. The summed E-state index contributed by atoms with van der Waals surface area (Å²) >= 11 is 0. The molecule has 9 atom stereocenters. The van der Waals surface area contributed by atoms with Gasteiger partial charge >= 0.3 is 0 Å². The zero-order valence-electron chi connectivity index (χ0n) is 33.2. The third kappa shape index (κ3) is 15.6. The molecule has 4 nitrogen and oxygen atoms in total. The lowest BCUT2D eigenvalue weighted by Gasteiger charge is -2.57. The van der Waals surface area contributed by atoms with Crippen molar-refractivity contribution in [3.8, 4) is 155 Å². The van der Waals surface area contributed by atoms with Gasteiger partial charge in [-0.1, -0.05) is 13.8 Å². The van der Waals surface area contributed by atoms with Crippen LogP contribution in [0.3, 0.4) is 0 Å². The predicted molar refractivity (Wildman–Crippen MR) is 272 cm³/mol. The molecule has 0 heterocycles. The fraction of sp³-hybridized carbons (Fsp3) is 0.500. The molecule has 324 valence electrons. The molecule has 2 N–H and O–H groups in total. The summed E-state index contributed by atoms with van der Waals surface area (Å²) in [4.78, 5) is 14.0. The van der Waals surface area contributed by atoms with Gasteiger partial charge in [0.2, 0.25) is 0 Å². The molecule has 0 unspecified atom stereocenters. The fourth-order valence-electron chi connectivity index (χ4n) is 9.54. The van der Waals surface area contributed by atoms with E-state index in [9.17, 15) is 10.2 Å². The highest BCUT2D eigenvalue weighted by Crippen LogP contribution is 2.66. The molecule has 56 heavy (non-hydrogen) atoms. The SMILES string of the molecule is C#CC#CC#CC#CC#CC#CC#CC#CC#CC#CC#CC#CC#C.C[C@H](CCC(C)(C)O)[C@H]1CC[C@H]2[C@@H]3CC[C@H]4C[C@](C)(O)CC[C@@H]4[C@H]3CC[C@]12C.O=O.[HH].[HH].[HH].[HH].[HH].[HH].[HH].[HH].[HH].[HH].[HH].[HH].[HH].[HH].[HH].[HH].[HH].[HH].[HH].[HH].[HH].[HH]. The van der Waals surface area contributed by atoms with Crippen LogP contribution in [0, 0.1) is 212 Å². The Hall–Kier alpha value is -6.20. The second-order valence-corrected chi connectivity index (χ2v) is 15.8. The molecule has 0 aromatic heterocycles. The van der Waals surface area contributed by atoms with Crippen molar-refractivity contribution in [3.05, 3.63) is 9.93 Å². The minimum Gasteiger partial charge on any atom is -0.390 e. The monoisotopic (exact) mass is 781 g/mol. The highest BCUT2D eigenvalue weighted by molar-refractivity contribution is 5.48. The molecule has 0 aromatic carbocycles. The van der Waals surface area contributed by atoms with E-state index >= 15 is 0 Å². The van der Waals surface area contributed by atoms with Crippen molar-refractivity contribution in [3.63, 3.8) is 0 Å². The molecule has 0 aliphatic heterocycles. The van der Waals surface area contributed by atoms with Gasteiger partial charge in [0.15, 0.2) is 0 Å². The Morgan fingerprint density at radius 3 is 1.43 bits per heavy atom. The van der Waals surface area contributed by atoms with E-state index in [-0.39, 0.29) is 31.4 Å². The Labute approximate surface area is 370 Å². The smallest absolute Gasteiger partial charge is 0.0622 e. The first-order chi connectivity index (χ1) is 26.9. The number of terminal acetylenes is 2. The Morgan fingerprint density at radius 1 is 0.607 bits per heavy atom. The van der Waals surface area contributed by atoms with Gasteiger partial charge in [0.25, 0.3) is 0 Å². The first-order valence-corrected chi connectivity index (χ1v) is 18.9. The van der Waals surface area contributed by atoms with Gasteiger partial charge in [-0.15, -0.1) is 12.8 Å². The first kappa shape index (κ1) is 46.0. The summed E-state index contributed by atoms with van der Waals surface area (Å²) in [5.74, 6) is 64.3. The highest BCUT2D eigenvalue weighted by atomic mass is 16.7. The van der Waals surface area contributed by atoms with E-state index in [2.05, 4.69) is 163 Å². The molecule has 4 aliphatic rings. The number of aliphatic hydroxyl groups is 2. The summed E-state index contributed by atoms with van der Waals surface area (Å²) < 4.78 is 0. The lowest BCUT2D eigenvalue weighted by atomic mass is 9.48. The highest BCUT2D eigenvalue weighted by Gasteiger charge is 2.58. The van der Waals surface area contributed by atoms with Crippen LogP contribution in [0.4, 0.5) is 0 Å². The van der Waals surface area contributed by atoms with Crippen molar-refractivity contribution in [1.29, 1.82) is 0 Å². The third-order valence-electron chi connectivity index (χ3n) is 11.7. The van der Waals surface area contributed by atoms with Gasteiger partial charge in [0.05, 0.1) is 11.2 Å². The van der Waals surface area contributed by atoms with Crippen molar-refractivity contribution < 1.29 is 41.6 Å². The van der Waals surface area contributed by atoms with Crippen LogP contribution in [0.5, 0.6) is 0 Å². The lowest BCUT2D eigenvalue weighted by Crippen LogP contribution is -2.50. The minimum absolute atomic E-state index is 0. The number of hydrogen-bond acceptors (Lipinski definition) is 4. The van der Waals surface area contributed by atoms with Crippen molar-refractivity contribution in [2.24, 2.45) is 46.8 Å². The molecule has 0 aromatic rings. The fourth-order valence-corrected chi connectivity index (χ4v) is 9.54. The van der Waals surface area contributed by atoms with Gasteiger partial charge in [0.1, 0.15) is 0 Å². The molecule has 0 saturated heterocycles. The molecule has 0 amide bonds. The maximum atomic E-state index is 10.6. The molecular weight excluding hydrogens is 689 g/mol. The van der Waals surface area contributed by atoms with Gasteiger partial charge in [0, 0.05) is 88.7 Å². The Balaban J connectivity index is -0.0000000334. The van der Waals surface area contributed by atoms with Crippen LogP contribution in [-0.2, 0) is 0 Å². The standard InChI is InChI=1S/C26H46O2.C26H2.O2.22H2/c1-17(10-13-24(2,3)27)22-8-9-23-21-7-6-18-16-25(4,28)14-11-19(18)20(21)12-15-26(22,23)5;1-3-5-7-9-11-13-15-17-19-21-23-25-26-24-22-20-18-16-14-12-10-8-6-4-2;1-2;;;;;;;;;;;;;;;;;;;;;;/h17-23,27-28H,6-16H2,1-5H3;1-2H;;22*1H/t17-,18+,19+,20-,21-,22-,23+,25-,26-;;;;;;;;;;;;;;;;;;;;;;;;/m1......................../s1. The molecule has 0 radical (unpaired) electrons. The van der Waals surface area contributed by atoms with Crippen molar-refractivity contribution in [2.75, 3.05) is 0 Å². The predicted octanol–water partition coefficient (Wildman–Crippen LogP) is 12.0. The van der Waals surface area contributed by atoms with Gasteiger partial charge in [-0.05, 0) is 233 Å². The summed E-state index contributed by atoms with van der Waals surface area (Å²) in [5, 5.41) is 20.8. The van der Waals surface area contributed by atoms with Crippen molar-refractivity contribution in [2.45, 2.75) is 116 Å². The van der Waals surface area contributed by atoms with E-state index in [1.807, 2.05) is 13.8 Å². The van der Waals surface area contributed by atoms with Gasteiger partial charge in [-0.3, -0.25) is 0 Å². The van der Waals surface area contributed by atoms with Gasteiger partial charge < -0.3 is 10.2 Å². The molecule has 4 fully saturated rings. The second-order valence-electron chi connectivity index (χ2n) is 15.8. The Bertz CT molecular complexity index is 2170. The van der Waals surface area contributed by atoms with E-state index in [0.29, 0.717) is 5.41 Å². The molecule has 0 spiro atoms. The Morgan fingerprint density at radius 2 is 1.02 bits per heavy atom. The van der Waals surface area contributed by atoms with E-state index in [0.717, 1.165) is 60.7 Å². The molecule has 4 saturated carbocycles. The largest absolute Gasteiger partial charge is 0.390 e. The van der Waals surface area contributed by atoms with E-state index in [1.165, 1.54) is 51.4 Å². The van der Waals surface area contributed by atoms with Gasteiger partial charge in [-0.2, -0.15) is 0 Å². The van der Waals surface area contributed by atoms with Crippen LogP contribution in [-0.4, -0.2) is 21.4 Å². The maximum Gasteiger partial charge on any atom is 0.0622 e. The van der Waals surface area contributed by atoms with Crippen LogP contribution < -0.4 is 0 Å². The van der Waals surface area contributed by atoms with E-state index in [1.54, 1.807) is 0 Å². The van der Waals surface area contributed by atoms with Gasteiger partial charge in [-0.25, -0.2) is 0 Å². The zero-order valence-corrected chi connectivity index (χ0v) is 33.2. The van der Waals surface area contributed by atoms with Crippen LogP contribution in [0.2, 0.25) is 0 Å². The molecule has 4 aliphatic carbocycles. The summed E-state index contributed by atoms with van der Waals surface area (Å²) in [5.41, 5.74) is -0.385. The van der Waals surface area contributed by atoms with Crippen molar-refractivity contribution in [1.82, 2.24) is 0 Å². The summed E-state index contributed by atoms with van der Waals surface area (Å²) in [6.45, 7) is 11.1. The average molecular weight is 781 g/mol. The van der Waals surface area contributed by atoms with Crippen LogP contribution >= 0.6 is 0 Å². The van der Waals surface area contributed by atoms with Crippen molar-refractivity contribution >= 4 is 0 Å². The Kier molecular flexibility index (Phi) is 19.9. The molecule has 4 rings (SSSR count). The number of rotatable bonds is 4. The summed E-state index contributed by atoms with van der Waals surface area (Å²) in [6.07, 6.45) is 23.8. The third-order valence-corrected chi connectivity index (χ3v) is 11.7. The molecule has 4 heteroatoms. The summed E-state index contributed by atoms with van der Waals surface area (Å²) in [7, 11) is 0. The van der Waals surface area contributed by atoms with E-state index in [4.69, 9.17) is 22.8 Å². The quantitative estimate of drug-likeness (QED) is 0.279. The molecule has 0 bridgehead atoms. The second kappa shape index (κ2) is 24.3. The average Bonchev–Trinajstić information content (AvgIpc) is 3.53. The van der Waals surface area contributed by atoms with Crippen LogP contribution in [0.25, 0.3) is 0 Å². The lowest BCUT2D eigenvalue weighted by molar-refractivity contribution is -0.103. The first-order valence-electron chi connectivity index (χ1n) is 18.9. The normalized spacial score (nSPS) is 26.7.